The average Bonchev–Trinajstić information content (AvgIpc) is 2.96. The molecule has 0 spiro atoms. The van der Waals surface area contributed by atoms with Crippen LogP contribution >= 0.6 is 15.9 Å². The van der Waals surface area contributed by atoms with Gasteiger partial charge in [0.1, 0.15) is 0 Å². The molecule has 148 valence electrons. The first-order valence-electron chi connectivity index (χ1n) is 9.01. The van der Waals surface area contributed by atoms with Crippen molar-refractivity contribution in [3.8, 4) is 5.69 Å². The largest absolute Gasteiger partial charge is 0.326 e. The maximum atomic E-state index is 12.3. The molecular weight excluding hydrogens is 432 g/mol. The van der Waals surface area contributed by atoms with Crippen LogP contribution in [-0.4, -0.2) is 22.6 Å². The molecule has 2 amide bonds. The van der Waals surface area contributed by atoms with Crippen LogP contribution in [0.1, 0.15) is 34.2 Å². The van der Waals surface area contributed by atoms with Crippen LogP contribution in [0.3, 0.4) is 0 Å². The fourth-order valence-electron chi connectivity index (χ4n) is 3.04. The Balaban J connectivity index is 1.70. The van der Waals surface area contributed by atoms with E-state index >= 15 is 0 Å². The number of aryl methyl sites for hydroxylation is 1. The van der Waals surface area contributed by atoms with Crippen LogP contribution in [0.15, 0.2) is 64.2 Å². The van der Waals surface area contributed by atoms with Gasteiger partial charge in [0.05, 0.1) is 6.21 Å². The number of halogens is 1. The van der Waals surface area contributed by atoms with Crippen molar-refractivity contribution < 1.29 is 9.59 Å². The van der Waals surface area contributed by atoms with E-state index in [0.29, 0.717) is 11.3 Å². The number of carbonyl (C=O) groups is 2. The maximum Gasteiger partial charge on any atom is 0.271 e. The van der Waals surface area contributed by atoms with Gasteiger partial charge in [-0.3, -0.25) is 9.59 Å². The van der Waals surface area contributed by atoms with Gasteiger partial charge >= 0.3 is 0 Å². The second kappa shape index (κ2) is 8.87. The minimum Gasteiger partial charge on any atom is -0.326 e. The predicted molar refractivity (Wildman–Crippen MR) is 119 cm³/mol. The van der Waals surface area contributed by atoms with Gasteiger partial charge in [0.15, 0.2) is 0 Å². The summed E-state index contributed by atoms with van der Waals surface area (Å²) in [7, 11) is 0. The van der Waals surface area contributed by atoms with Crippen molar-refractivity contribution in [2.75, 3.05) is 5.32 Å². The molecule has 0 bridgehead atoms. The number of nitrogens with one attached hydrogen (secondary N) is 2. The Kier molecular flexibility index (Phi) is 6.29. The molecule has 0 saturated heterocycles. The zero-order chi connectivity index (χ0) is 21.0. The van der Waals surface area contributed by atoms with Gasteiger partial charge in [0.25, 0.3) is 5.91 Å². The molecule has 1 aromatic heterocycles. The lowest BCUT2D eigenvalue weighted by molar-refractivity contribution is -0.114. The first-order valence-corrected chi connectivity index (χ1v) is 9.80. The van der Waals surface area contributed by atoms with Crippen LogP contribution in [-0.2, 0) is 4.79 Å². The molecular formula is C22H21BrN4O2. The number of amides is 2. The van der Waals surface area contributed by atoms with Gasteiger partial charge in [-0.2, -0.15) is 5.10 Å². The smallest absolute Gasteiger partial charge is 0.271 e. The summed E-state index contributed by atoms with van der Waals surface area (Å²) in [5.41, 5.74) is 7.72. The molecule has 7 heteroatoms. The molecule has 0 atom stereocenters. The Morgan fingerprint density at radius 1 is 1.03 bits per heavy atom. The van der Waals surface area contributed by atoms with Gasteiger partial charge in [-0.05, 0) is 68.4 Å². The number of benzene rings is 2. The normalized spacial score (nSPS) is 10.9. The summed E-state index contributed by atoms with van der Waals surface area (Å²) in [6.45, 7) is 5.48. The van der Waals surface area contributed by atoms with Gasteiger partial charge in [0, 0.05) is 45.3 Å². The molecule has 2 aromatic carbocycles. The molecule has 3 aromatic rings. The summed E-state index contributed by atoms with van der Waals surface area (Å²) in [4.78, 5) is 23.3. The highest BCUT2D eigenvalue weighted by Gasteiger charge is 2.10. The van der Waals surface area contributed by atoms with Crippen LogP contribution in [0.2, 0.25) is 0 Å². The van der Waals surface area contributed by atoms with E-state index in [9.17, 15) is 9.59 Å². The van der Waals surface area contributed by atoms with Crippen molar-refractivity contribution in [3.63, 3.8) is 0 Å². The van der Waals surface area contributed by atoms with Gasteiger partial charge < -0.3 is 9.88 Å². The molecule has 0 fully saturated rings. The van der Waals surface area contributed by atoms with E-state index in [1.165, 1.54) is 6.92 Å². The van der Waals surface area contributed by atoms with Crippen molar-refractivity contribution in [2.45, 2.75) is 20.8 Å². The quantitative estimate of drug-likeness (QED) is 0.439. The molecule has 0 saturated carbocycles. The lowest BCUT2D eigenvalue weighted by Crippen LogP contribution is -2.17. The zero-order valence-corrected chi connectivity index (χ0v) is 17.9. The lowest BCUT2D eigenvalue weighted by atomic mass is 10.2. The number of hydrazone groups is 1. The molecule has 3 rings (SSSR count). The van der Waals surface area contributed by atoms with Crippen LogP contribution < -0.4 is 10.7 Å². The van der Waals surface area contributed by atoms with Gasteiger partial charge in [-0.15, -0.1) is 0 Å². The molecule has 29 heavy (non-hydrogen) atoms. The number of carbonyl (C=O) groups excluding carboxylic acids is 2. The van der Waals surface area contributed by atoms with E-state index in [1.54, 1.807) is 30.5 Å². The third kappa shape index (κ3) is 5.00. The highest BCUT2D eigenvalue weighted by molar-refractivity contribution is 9.10. The van der Waals surface area contributed by atoms with Crippen LogP contribution in [0.5, 0.6) is 0 Å². The Morgan fingerprint density at radius 2 is 1.69 bits per heavy atom. The number of hydrogen-bond acceptors (Lipinski definition) is 3. The van der Waals surface area contributed by atoms with Gasteiger partial charge in [0.2, 0.25) is 5.91 Å². The second-order valence-corrected chi connectivity index (χ2v) is 7.51. The Hall–Kier alpha value is -3.19. The van der Waals surface area contributed by atoms with Crippen molar-refractivity contribution in [1.29, 1.82) is 0 Å². The van der Waals surface area contributed by atoms with E-state index in [1.807, 2.05) is 44.2 Å². The molecule has 0 aliphatic rings. The average molecular weight is 453 g/mol. The minimum atomic E-state index is -0.322. The summed E-state index contributed by atoms with van der Waals surface area (Å²) in [6, 6.07) is 16.7. The molecule has 6 nitrogen and oxygen atoms in total. The number of aromatic nitrogens is 1. The number of anilines is 1. The van der Waals surface area contributed by atoms with Crippen molar-refractivity contribution in [2.24, 2.45) is 5.10 Å². The fourth-order valence-corrected chi connectivity index (χ4v) is 3.30. The summed E-state index contributed by atoms with van der Waals surface area (Å²) >= 11 is 3.45. The van der Waals surface area contributed by atoms with Crippen molar-refractivity contribution >= 4 is 39.6 Å². The van der Waals surface area contributed by atoms with E-state index in [-0.39, 0.29) is 11.8 Å². The van der Waals surface area contributed by atoms with E-state index in [2.05, 4.69) is 36.3 Å². The Morgan fingerprint density at radius 3 is 2.31 bits per heavy atom. The van der Waals surface area contributed by atoms with E-state index in [4.69, 9.17) is 0 Å². The second-order valence-electron chi connectivity index (χ2n) is 6.60. The maximum absolute atomic E-state index is 12.3. The fraction of sp³-hybridized carbons (Fsp3) is 0.136. The van der Waals surface area contributed by atoms with Gasteiger partial charge in [-0.25, -0.2) is 5.43 Å². The molecule has 0 aliphatic heterocycles. The molecule has 0 unspecified atom stereocenters. The number of nitrogens with zero attached hydrogens (tertiary/aromatic N) is 2. The zero-order valence-electron chi connectivity index (χ0n) is 16.4. The number of hydrogen-bond donors (Lipinski definition) is 2. The molecule has 0 radical (unpaired) electrons. The molecule has 2 N–H and O–H groups in total. The minimum absolute atomic E-state index is 0.160. The summed E-state index contributed by atoms with van der Waals surface area (Å²) < 4.78 is 3.16. The summed E-state index contributed by atoms with van der Waals surface area (Å²) in [6.07, 6.45) is 1.64. The highest BCUT2D eigenvalue weighted by Crippen LogP contribution is 2.21. The van der Waals surface area contributed by atoms with E-state index < -0.39 is 0 Å². The van der Waals surface area contributed by atoms with E-state index in [0.717, 1.165) is 27.1 Å². The molecule has 1 heterocycles. The van der Waals surface area contributed by atoms with Crippen molar-refractivity contribution in [3.05, 3.63) is 81.6 Å². The van der Waals surface area contributed by atoms with Crippen LogP contribution in [0.4, 0.5) is 5.69 Å². The highest BCUT2D eigenvalue weighted by atomic mass is 79.9. The van der Waals surface area contributed by atoms with Crippen molar-refractivity contribution in [1.82, 2.24) is 9.99 Å². The molecule has 0 aliphatic carbocycles. The third-order valence-corrected chi connectivity index (χ3v) is 4.92. The Labute approximate surface area is 177 Å². The van der Waals surface area contributed by atoms with Crippen LogP contribution in [0, 0.1) is 13.8 Å². The summed E-state index contributed by atoms with van der Waals surface area (Å²) in [5, 5.41) is 6.76. The SMILES string of the molecule is CC(=O)Nc1ccc(C(=O)NN=Cc2cc(C)n(-c3ccc(Br)cc3)c2C)cc1. The first kappa shape index (κ1) is 20.5. The van der Waals surface area contributed by atoms with Crippen LogP contribution in [0.25, 0.3) is 5.69 Å². The monoisotopic (exact) mass is 452 g/mol. The number of rotatable bonds is 5. The third-order valence-electron chi connectivity index (χ3n) is 4.39. The lowest BCUT2D eigenvalue weighted by Gasteiger charge is -2.09. The van der Waals surface area contributed by atoms with Gasteiger partial charge in [-0.1, -0.05) is 15.9 Å². The standard InChI is InChI=1S/C22H21BrN4O2/c1-14-12-18(15(2)27(14)21-10-6-19(23)7-11-21)13-24-26-22(29)17-4-8-20(9-5-17)25-16(3)28/h4-13H,1-3H3,(H,25,28)(H,26,29). The predicted octanol–water partition coefficient (Wildman–Crippen LogP) is 4.58. The Bertz CT molecular complexity index is 1070. The summed E-state index contributed by atoms with van der Waals surface area (Å²) in [5.74, 6) is -0.482. The topological polar surface area (TPSA) is 75.5 Å². The first-order chi connectivity index (χ1) is 13.8.